The molecule has 1 aromatic carbocycles. The molecule has 19 heavy (non-hydrogen) atoms. The zero-order valence-electron chi connectivity index (χ0n) is 12.3. The van der Waals surface area contributed by atoms with E-state index in [0.29, 0.717) is 12.1 Å². The van der Waals surface area contributed by atoms with E-state index in [1.165, 1.54) is 12.0 Å². The number of methoxy groups -OCH3 is 2. The molecule has 1 aliphatic rings. The summed E-state index contributed by atoms with van der Waals surface area (Å²) >= 11 is 0. The molecule has 1 aromatic rings. The Bertz CT molecular complexity index is 423. The fraction of sp³-hybridized carbons (Fsp3) is 0.600. The van der Waals surface area contributed by atoms with E-state index in [1.807, 2.05) is 13.1 Å². The molecule has 4 nitrogen and oxygen atoms in total. The zero-order valence-corrected chi connectivity index (χ0v) is 12.3. The van der Waals surface area contributed by atoms with Gasteiger partial charge in [-0.05, 0) is 38.1 Å². The summed E-state index contributed by atoms with van der Waals surface area (Å²) in [6.45, 7) is 4.49. The first-order chi connectivity index (χ1) is 9.19. The van der Waals surface area contributed by atoms with Gasteiger partial charge in [0.2, 0.25) is 0 Å². The van der Waals surface area contributed by atoms with Crippen LogP contribution in [0.2, 0.25) is 0 Å². The molecular formula is C15H24N2O2. The van der Waals surface area contributed by atoms with E-state index in [0.717, 1.165) is 24.6 Å². The van der Waals surface area contributed by atoms with Gasteiger partial charge in [0.25, 0.3) is 0 Å². The number of rotatable bonds is 5. The summed E-state index contributed by atoms with van der Waals surface area (Å²) in [5.41, 5.74) is 1.27. The van der Waals surface area contributed by atoms with E-state index in [1.54, 1.807) is 14.2 Å². The summed E-state index contributed by atoms with van der Waals surface area (Å²) in [6.07, 6.45) is 1.22. The summed E-state index contributed by atoms with van der Waals surface area (Å²) in [4.78, 5) is 2.50. The maximum Gasteiger partial charge on any atom is 0.161 e. The van der Waals surface area contributed by atoms with Crippen molar-refractivity contribution in [3.05, 3.63) is 23.8 Å². The first kappa shape index (κ1) is 14.2. The Morgan fingerprint density at radius 1 is 1.26 bits per heavy atom. The van der Waals surface area contributed by atoms with Gasteiger partial charge in [-0.1, -0.05) is 6.07 Å². The number of hydrogen-bond donors (Lipinski definition) is 1. The molecule has 2 unspecified atom stereocenters. The van der Waals surface area contributed by atoms with Gasteiger partial charge in [-0.3, -0.25) is 4.90 Å². The van der Waals surface area contributed by atoms with Crippen LogP contribution >= 0.6 is 0 Å². The molecule has 0 aromatic heterocycles. The summed E-state index contributed by atoms with van der Waals surface area (Å²) in [5, 5.41) is 3.35. The van der Waals surface area contributed by atoms with E-state index >= 15 is 0 Å². The molecule has 1 fully saturated rings. The molecule has 1 N–H and O–H groups in total. The van der Waals surface area contributed by atoms with Crippen molar-refractivity contribution in [1.29, 1.82) is 0 Å². The number of nitrogens with zero attached hydrogens (tertiary/aromatic N) is 1. The van der Waals surface area contributed by atoms with E-state index < -0.39 is 0 Å². The van der Waals surface area contributed by atoms with Crippen LogP contribution in [0.15, 0.2) is 18.2 Å². The van der Waals surface area contributed by atoms with Crippen molar-refractivity contribution < 1.29 is 9.47 Å². The maximum absolute atomic E-state index is 5.38. The smallest absolute Gasteiger partial charge is 0.161 e. The Balaban J connectivity index is 2.13. The second-order valence-electron chi connectivity index (χ2n) is 5.06. The van der Waals surface area contributed by atoms with Crippen molar-refractivity contribution >= 4 is 0 Å². The van der Waals surface area contributed by atoms with Gasteiger partial charge >= 0.3 is 0 Å². The van der Waals surface area contributed by atoms with Crippen molar-refractivity contribution in [2.45, 2.75) is 25.4 Å². The minimum absolute atomic E-state index is 0.401. The first-order valence-corrected chi connectivity index (χ1v) is 6.82. The average Bonchev–Trinajstić information content (AvgIpc) is 2.94. The molecular weight excluding hydrogens is 240 g/mol. The summed E-state index contributed by atoms with van der Waals surface area (Å²) in [7, 11) is 5.38. The lowest BCUT2D eigenvalue weighted by Gasteiger charge is -2.25. The maximum atomic E-state index is 5.38. The molecule has 0 saturated carbocycles. The number of benzene rings is 1. The number of likely N-dealkylation sites (tertiary alicyclic amines) is 1. The van der Waals surface area contributed by atoms with Gasteiger partial charge < -0.3 is 14.8 Å². The average molecular weight is 264 g/mol. The molecule has 4 heteroatoms. The fourth-order valence-corrected chi connectivity index (χ4v) is 2.70. The van der Waals surface area contributed by atoms with Gasteiger partial charge in [0, 0.05) is 25.2 Å². The van der Waals surface area contributed by atoms with Crippen molar-refractivity contribution in [2.75, 3.05) is 34.4 Å². The predicted octanol–water partition coefficient (Wildman–Crippen LogP) is 2.06. The SMILES string of the molecule is CNC1CCN(C(C)c2ccc(OC)c(OC)c2)C1. The molecule has 1 heterocycles. The van der Waals surface area contributed by atoms with Crippen LogP contribution in [0.4, 0.5) is 0 Å². The van der Waals surface area contributed by atoms with Gasteiger partial charge in [-0.25, -0.2) is 0 Å². The van der Waals surface area contributed by atoms with Gasteiger partial charge in [0.05, 0.1) is 14.2 Å². The monoisotopic (exact) mass is 264 g/mol. The van der Waals surface area contributed by atoms with Crippen LogP contribution in [0.5, 0.6) is 11.5 Å². The van der Waals surface area contributed by atoms with E-state index in [-0.39, 0.29) is 0 Å². The van der Waals surface area contributed by atoms with E-state index in [4.69, 9.17) is 9.47 Å². The van der Waals surface area contributed by atoms with Crippen molar-refractivity contribution in [3.8, 4) is 11.5 Å². The van der Waals surface area contributed by atoms with Crippen LogP contribution in [0.1, 0.15) is 24.9 Å². The highest BCUT2D eigenvalue weighted by Crippen LogP contribution is 2.32. The Morgan fingerprint density at radius 2 is 2.00 bits per heavy atom. The molecule has 0 spiro atoms. The standard InChI is InChI=1S/C15H24N2O2/c1-11(17-8-7-13(10-17)16-2)12-5-6-14(18-3)15(9-12)19-4/h5-6,9,11,13,16H,7-8,10H2,1-4H3. The number of likely N-dealkylation sites (N-methyl/N-ethyl adjacent to an activating group) is 1. The molecule has 0 bridgehead atoms. The Labute approximate surface area is 115 Å². The summed E-state index contributed by atoms with van der Waals surface area (Å²) < 4.78 is 10.7. The van der Waals surface area contributed by atoms with Crippen LogP contribution in [0.25, 0.3) is 0 Å². The number of ether oxygens (including phenoxy) is 2. The van der Waals surface area contributed by atoms with Crippen LogP contribution in [-0.2, 0) is 0 Å². The van der Waals surface area contributed by atoms with Crippen LogP contribution in [0, 0.1) is 0 Å². The van der Waals surface area contributed by atoms with Crippen LogP contribution in [0.3, 0.4) is 0 Å². The third-order valence-corrected chi connectivity index (χ3v) is 4.07. The molecule has 0 amide bonds. The van der Waals surface area contributed by atoms with Gasteiger partial charge in [-0.15, -0.1) is 0 Å². The zero-order chi connectivity index (χ0) is 13.8. The van der Waals surface area contributed by atoms with Crippen molar-refractivity contribution in [3.63, 3.8) is 0 Å². The third kappa shape index (κ3) is 3.01. The van der Waals surface area contributed by atoms with Crippen LogP contribution in [-0.4, -0.2) is 45.3 Å². The number of hydrogen-bond acceptors (Lipinski definition) is 4. The second-order valence-corrected chi connectivity index (χ2v) is 5.06. The molecule has 2 rings (SSSR count). The lowest BCUT2D eigenvalue weighted by molar-refractivity contribution is 0.256. The lowest BCUT2D eigenvalue weighted by Crippen LogP contribution is -2.31. The molecule has 0 radical (unpaired) electrons. The highest BCUT2D eigenvalue weighted by atomic mass is 16.5. The first-order valence-electron chi connectivity index (χ1n) is 6.82. The highest BCUT2D eigenvalue weighted by molar-refractivity contribution is 5.43. The minimum atomic E-state index is 0.401. The molecule has 1 aliphatic heterocycles. The summed E-state index contributed by atoms with van der Waals surface area (Å²) in [5.74, 6) is 1.59. The molecule has 2 atom stereocenters. The molecule has 0 aliphatic carbocycles. The Kier molecular flexibility index (Phi) is 4.66. The van der Waals surface area contributed by atoms with Crippen molar-refractivity contribution in [1.82, 2.24) is 10.2 Å². The topological polar surface area (TPSA) is 33.7 Å². The van der Waals surface area contributed by atoms with Gasteiger partial charge in [0.15, 0.2) is 11.5 Å². The summed E-state index contributed by atoms with van der Waals surface area (Å²) in [6, 6.07) is 7.20. The van der Waals surface area contributed by atoms with E-state index in [2.05, 4.69) is 29.3 Å². The second kappa shape index (κ2) is 6.26. The van der Waals surface area contributed by atoms with Crippen LogP contribution < -0.4 is 14.8 Å². The number of nitrogens with one attached hydrogen (secondary N) is 1. The minimum Gasteiger partial charge on any atom is -0.493 e. The van der Waals surface area contributed by atoms with Crippen molar-refractivity contribution in [2.24, 2.45) is 0 Å². The molecule has 106 valence electrons. The van der Waals surface area contributed by atoms with Gasteiger partial charge in [-0.2, -0.15) is 0 Å². The fourth-order valence-electron chi connectivity index (χ4n) is 2.70. The molecule has 1 saturated heterocycles. The quantitative estimate of drug-likeness (QED) is 0.882. The Hall–Kier alpha value is -1.26. The normalized spacial score (nSPS) is 21.4. The van der Waals surface area contributed by atoms with E-state index in [9.17, 15) is 0 Å². The Morgan fingerprint density at radius 3 is 2.58 bits per heavy atom. The highest BCUT2D eigenvalue weighted by Gasteiger charge is 2.26. The third-order valence-electron chi connectivity index (χ3n) is 4.07. The largest absolute Gasteiger partial charge is 0.493 e. The predicted molar refractivity (Wildman–Crippen MR) is 77.0 cm³/mol. The lowest BCUT2D eigenvalue weighted by atomic mass is 10.1. The van der Waals surface area contributed by atoms with Gasteiger partial charge in [0.1, 0.15) is 0 Å².